The highest BCUT2D eigenvalue weighted by Crippen LogP contribution is 2.15. The van der Waals surface area contributed by atoms with Crippen LogP contribution in [0.3, 0.4) is 0 Å². The van der Waals surface area contributed by atoms with Gasteiger partial charge in [-0.15, -0.1) is 0 Å². The highest BCUT2D eigenvalue weighted by atomic mass is 16.1. The summed E-state index contributed by atoms with van der Waals surface area (Å²) >= 11 is 0. The van der Waals surface area contributed by atoms with Crippen LogP contribution in [0.1, 0.15) is 66.2 Å². The van der Waals surface area contributed by atoms with Crippen molar-refractivity contribution >= 4 is 20.0 Å². The number of carbonyl (C=O) groups is 2. The van der Waals surface area contributed by atoms with Gasteiger partial charge in [-0.2, -0.15) is 0 Å². The second kappa shape index (κ2) is 15.9. The zero-order chi connectivity index (χ0) is 11.4. The molecule has 0 bridgehead atoms. The van der Waals surface area contributed by atoms with Gasteiger partial charge in [0.05, 0.1) is 0 Å². The minimum absolute atomic E-state index is 0. The Kier molecular flexibility index (Phi) is 21.0. The van der Waals surface area contributed by atoms with E-state index in [9.17, 15) is 9.59 Å². The molecule has 1 aliphatic carbocycles. The first-order valence-corrected chi connectivity index (χ1v) is 5.41. The van der Waals surface area contributed by atoms with E-state index in [1.165, 1.54) is 66.2 Å². The van der Waals surface area contributed by atoms with E-state index < -0.39 is 0 Å². The zero-order valence-corrected chi connectivity index (χ0v) is 10.6. The predicted octanol–water partition coefficient (Wildman–Crippen LogP) is 3.15. The summed E-state index contributed by atoms with van der Waals surface area (Å²) in [6.45, 7) is 6.11. The number of hydrogen-bond donors (Lipinski definition) is 0. The second-order valence-electron chi connectivity index (χ2n) is 3.94. The molecule has 0 N–H and O–H groups in total. The molecular formula is C12H24BO2. The number of hydrogen-bond acceptors (Lipinski definition) is 2. The molecule has 0 aliphatic heterocycles. The van der Waals surface area contributed by atoms with Crippen molar-refractivity contribution in [3.63, 3.8) is 0 Å². The van der Waals surface area contributed by atoms with Crippen LogP contribution in [-0.4, -0.2) is 20.0 Å². The molecule has 1 saturated carbocycles. The van der Waals surface area contributed by atoms with Gasteiger partial charge >= 0.3 is 0 Å². The molecular weight excluding hydrogens is 187 g/mol. The van der Waals surface area contributed by atoms with Gasteiger partial charge < -0.3 is 9.59 Å². The maximum absolute atomic E-state index is 9.44. The summed E-state index contributed by atoms with van der Waals surface area (Å²) in [5.74, 6) is 0.333. The molecule has 3 radical (unpaired) electrons. The van der Waals surface area contributed by atoms with Crippen LogP contribution in [0, 0.1) is 0 Å². The lowest BCUT2D eigenvalue weighted by molar-refractivity contribution is -0.115. The van der Waals surface area contributed by atoms with Gasteiger partial charge in [0.1, 0.15) is 11.6 Å². The Balaban J connectivity index is -0.000000145. The van der Waals surface area contributed by atoms with Crippen LogP contribution in [-0.2, 0) is 9.59 Å². The fourth-order valence-corrected chi connectivity index (χ4v) is 1.06. The average Bonchev–Trinajstić information content (AvgIpc) is 2.05. The van der Waals surface area contributed by atoms with Crippen molar-refractivity contribution in [1.82, 2.24) is 0 Å². The van der Waals surface area contributed by atoms with E-state index >= 15 is 0 Å². The molecule has 1 fully saturated rings. The van der Waals surface area contributed by atoms with E-state index in [2.05, 4.69) is 0 Å². The Morgan fingerprint density at radius 3 is 0.733 bits per heavy atom. The highest BCUT2D eigenvalue weighted by Gasteiger charge is 1.95. The maximum atomic E-state index is 9.44. The summed E-state index contributed by atoms with van der Waals surface area (Å²) in [6, 6.07) is 0. The largest absolute Gasteiger partial charge is 0.300 e. The smallest absolute Gasteiger partial charge is 0.126 e. The number of rotatable bonds is 0. The molecule has 1 rings (SSSR count). The van der Waals surface area contributed by atoms with Crippen LogP contribution in [0.15, 0.2) is 0 Å². The molecule has 0 aromatic carbocycles. The Labute approximate surface area is 96.4 Å². The van der Waals surface area contributed by atoms with Crippen molar-refractivity contribution in [3.8, 4) is 0 Å². The molecule has 0 atom stereocenters. The summed E-state index contributed by atoms with van der Waals surface area (Å²) < 4.78 is 0. The monoisotopic (exact) mass is 211 g/mol. The fourth-order valence-electron chi connectivity index (χ4n) is 1.06. The van der Waals surface area contributed by atoms with E-state index in [-0.39, 0.29) is 20.0 Å². The third kappa shape index (κ3) is 59.7. The molecule has 1 aliphatic rings. The van der Waals surface area contributed by atoms with Gasteiger partial charge in [0.2, 0.25) is 0 Å². The summed E-state index contributed by atoms with van der Waals surface area (Å²) in [5.41, 5.74) is 0. The Bertz CT molecular complexity index is 120. The van der Waals surface area contributed by atoms with E-state index in [0.29, 0.717) is 0 Å². The van der Waals surface area contributed by atoms with Crippen LogP contribution in [0.2, 0.25) is 0 Å². The van der Waals surface area contributed by atoms with Crippen molar-refractivity contribution in [1.29, 1.82) is 0 Å². The topological polar surface area (TPSA) is 34.1 Å². The quantitative estimate of drug-likeness (QED) is 0.576. The lowest BCUT2D eigenvalue weighted by atomic mass is 10.0. The summed E-state index contributed by atoms with van der Waals surface area (Å²) in [5, 5.41) is 0. The van der Waals surface area contributed by atoms with E-state index in [0.717, 1.165) is 0 Å². The van der Waals surface area contributed by atoms with Gasteiger partial charge in [-0.1, -0.05) is 38.5 Å². The molecule has 0 spiro atoms. The molecule has 15 heavy (non-hydrogen) atoms. The average molecular weight is 211 g/mol. The van der Waals surface area contributed by atoms with Crippen LogP contribution in [0.5, 0.6) is 0 Å². The van der Waals surface area contributed by atoms with E-state index in [1.807, 2.05) is 0 Å². The highest BCUT2D eigenvalue weighted by molar-refractivity contribution is 5.75. The lowest BCUT2D eigenvalue weighted by Crippen LogP contribution is -1.85. The third-order valence-electron chi connectivity index (χ3n) is 1.50. The Hall–Kier alpha value is -0.595. The molecule has 0 saturated heterocycles. The number of carbonyl (C=O) groups excluding carboxylic acids is 2. The molecule has 0 aromatic heterocycles. The fraction of sp³-hybridized carbons (Fsp3) is 0.833. The predicted molar refractivity (Wildman–Crippen MR) is 66.2 cm³/mol. The molecule has 3 heteroatoms. The summed E-state index contributed by atoms with van der Waals surface area (Å²) in [4.78, 5) is 18.9. The lowest BCUT2D eigenvalue weighted by Gasteiger charge is -2.05. The normalized spacial score (nSPS) is 13.1. The Morgan fingerprint density at radius 2 is 0.667 bits per heavy atom. The van der Waals surface area contributed by atoms with Gasteiger partial charge in [-0.05, 0) is 27.7 Å². The summed E-state index contributed by atoms with van der Waals surface area (Å²) in [6.07, 6.45) is 9.00. The molecule has 0 heterocycles. The first-order valence-electron chi connectivity index (χ1n) is 5.41. The van der Waals surface area contributed by atoms with Crippen LogP contribution in [0.4, 0.5) is 0 Å². The number of ketones is 2. The van der Waals surface area contributed by atoms with Gasteiger partial charge in [0.15, 0.2) is 0 Å². The molecule has 0 amide bonds. The molecule has 0 unspecified atom stereocenters. The number of Topliss-reactive ketones (excluding diaryl/α,β-unsaturated/α-hetero) is 2. The van der Waals surface area contributed by atoms with Crippen LogP contribution < -0.4 is 0 Å². The molecule has 87 valence electrons. The van der Waals surface area contributed by atoms with Crippen molar-refractivity contribution in [2.75, 3.05) is 0 Å². The van der Waals surface area contributed by atoms with Gasteiger partial charge in [0, 0.05) is 8.41 Å². The van der Waals surface area contributed by atoms with Gasteiger partial charge in [0.25, 0.3) is 0 Å². The van der Waals surface area contributed by atoms with E-state index in [4.69, 9.17) is 0 Å². The minimum atomic E-state index is 0. The first kappa shape index (κ1) is 19.9. The van der Waals surface area contributed by atoms with Crippen molar-refractivity contribution in [3.05, 3.63) is 0 Å². The molecule has 2 nitrogen and oxygen atoms in total. The SMILES string of the molecule is C1CCCCC1.CC(C)=O.CC(C)=O.[B]. The first-order chi connectivity index (χ1) is 6.46. The maximum Gasteiger partial charge on any atom is 0.126 e. The Morgan fingerprint density at radius 1 is 0.600 bits per heavy atom. The van der Waals surface area contributed by atoms with Gasteiger partial charge in [-0.25, -0.2) is 0 Å². The summed E-state index contributed by atoms with van der Waals surface area (Å²) in [7, 11) is 0. The van der Waals surface area contributed by atoms with Crippen LogP contribution >= 0.6 is 0 Å². The third-order valence-corrected chi connectivity index (χ3v) is 1.50. The van der Waals surface area contributed by atoms with Crippen molar-refractivity contribution in [2.45, 2.75) is 66.2 Å². The zero-order valence-electron chi connectivity index (χ0n) is 10.6. The van der Waals surface area contributed by atoms with Gasteiger partial charge in [-0.3, -0.25) is 0 Å². The molecule has 0 aromatic rings. The van der Waals surface area contributed by atoms with E-state index in [1.54, 1.807) is 0 Å². The minimum Gasteiger partial charge on any atom is -0.300 e. The van der Waals surface area contributed by atoms with Crippen molar-refractivity contribution < 1.29 is 9.59 Å². The van der Waals surface area contributed by atoms with Crippen LogP contribution in [0.25, 0.3) is 0 Å². The standard InChI is InChI=1S/C6H12.2C3H6O.B/c1-2-4-6-5-3-1;2*1-3(2)4;/h1-6H2;2*1-2H3;. The second-order valence-corrected chi connectivity index (χ2v) is 3.94. The van der Waals surface area contributed by atoms with Crippen molar-refractivity contribution in [2.24, 2.45) is 0 Å².